The average molecular weight is 192 g/mol. The van der Waals surface area contributed by atoms with E-state index in [1.807, 2.05) is 17.8 Å². The second-order valence-corrected chi connectivity index (χ2v) is 4.30. The fourth-order valence-electron chi connectivity index (χ4n) is 2.26. The Morgan fingerprint density at radius 2 is 2.36 bits per heavy atom. The van der Waals surface area contributed by atoms with Crippen LogP contribution in [-0.4, -0.2) is 15.3 Å². The number of aryl methyl sites for hydroxylation is 1. The molecule has 3 nitrogen and oxygen atoms in total. The number of ketones is 1. The molecule has 2 rings (SSSR count). The van der Waals surface area contributed by atoms with Crippen LogP contribution in [0.2, 0.25) is 0 Å². The quantitative estimate of drug-likeness (QED) is 0.672. The summed E-state index contributed by atoms with van der Waals surface area (Å²) in [6.45, 7) is 2.17. The highest BCUT2D eigenvalue weighted by Gasteiger charge is 2.31. The summed E-state index contributed by atoms with van der Waals surface area (Å²) < 4.78 is 1.83. The van der Waals surface area contributed by atoms with Gasteiger partial charge in [-0.1, -0.05) is 13.3 Å². The molecule has 14 heavy (non-hydrogen) atoms. The summed E-state index contributed by atoms with van der Waals surface area (Å²) in [7, 11) is 1.89. The maximum Gasteiger partial charge on any atom is 0.186 e. The van der Waals surface area contributed by atoms with Crippen LogP contribution in [0, 0.1) is 11.8 Å². The summed E-state index contributed by atoms with van der Waals surface area (Å²) in [5.41, 5.74) is 0.631. The second-order valence-electron chi connectivity index (χ2n) is 4.30. The normalized spacial score (nSPS) is 26.7. The van der Waals surface area contributed by atoms with Crippen molar-refractivity contribution in [2.45, 2.75) is 26.2 Å². The highest BCUT2D eigenvalue weighted by molar-refractivity contribution is 5.96. The molecular formula is C11H16N2O. The molecule has 0 spiro atoms. The van der Waals surface area contributed by atoms with Gasteiger partial charge < -0.3 is 4.57 Å². The Morgan fingerprint density at radius 1 is 1.57 bits per heavy atom. The molecule has 2 unspecified atom stereocenters. The van der Waals surface area contributed by atoms with Crippen molar-refractivity contribution in [3.05, 3.63) is 18.2 Å². The number of carbonyl (C=O) groups is 1. The largest absolute Gasteiger partial charge is 0.340 e. The first-order valence-corrected chi connectivity index (χ1v) is 5.20. The van der Waals surface area contributed by atoms with Crippen LogP contribution in [-0.2, 0) is 7.05 Å². The van der Waals surface area contributed by atoms with Crippen molar-refractivity contribution in [2.75, 3.05) is 0 Å². The number of aromatic nitrogens is 2. The van der Waals surface area contributed by atoms with Gasteiger partial charge in [-0.15, -0.1) is 0 Å². The minimum atomic E-state index is 0.213. The fourth-order valence-corrected chi connectivity index (χ4v) is 2.26. The van der Waals surface area contributed by atoms with Crippen molar-refractivity contribution in [3.8, 4) is 0 Å². The molecule has 1 aromatic rings. The number of imidazole rings is 1. The smallest absolute Gasteiger partial charge is 0.186 e. The number of nitrogens with zero attached hydrogens (tertiary/aromatic N) is 2. The highest BCUT2D eigenvalue weighted by atomic mass is 16.1. The van der Waals surface area contributed by atoms with Gasteiger partial charge in [0.1, 0.15) is 5.69 Å². The molecule has 0 bridgehead atoms. The number of hydrogen-bond acceptors (Lipinski definition) is 2. The number of carbonyl (C=O) groups excluding carboxylic acids is 1. The topological polar surface area (TPSA) is 34.9 Å². The molecule has 1 saturated carbocycles. The Labute approximate surface area is 84.1 Å². The lowest BCUT2D eigenvalue weighted by Gasteiger charge is -2.11. The first-order valence-electron chi connectivity index (χ1n) is 5.20. The summed E-state index contributed by atoms with van der Waals surface area (Å²) in [5, 5.41) is 0. The maximum absolute atomic E-state index is 12.0. The first-order chi connectivity index (χ1) is 6.68. The number of rotatable bonds is 2. The monoisotopic (exact) mass is 192 g/mol. The van der Waals surface area contributed by atoms with Gasteiger partial charge in [-0.05, 0) is 18.8 Å². The van der Waals surface area contributed by atoms with Crippen LogP contribution in [0.1, 0.15) is 36.7 Å². The molecule has 0 N–H and O–H groups in total. The molecule has 1 aliphatic rings. The van der Waals surface area contributed by atoms with E-state index in [2.05, 4.69) is 11.9 Å². The predicted molar refractivity (Wildman–Crippen MR) is 54.0 cm³/mol. The number of hydrogen-bond donors (Lipinski definition) is 0. The van der Waals surface area contributed by atoms with Crippen LogP contribution in [0.4, 0.5) is 0 Å². The van der Waals surface area contributed by atoms with Gasteiger partial charge in [-0.3, -0.25) is 4.79 Å². The fraction of sp³-hybridized carbons (Fsp3) is 0.636. The van der Waals surface area contributed by atoms with Gasteiger partial charge >= 0.3 is 0 Å². The van der Waals surface area contributed by atoms with E-state index < -0.39 is 0 Å². The Kier molecular flexibility index (Phi) is 2.40. The van der Waals surface area contributed by atoms with Crippen molar-refractivity contribution < 1.29 is 4.79 Å². The van der Waals surface area contributed by atoms with Gasteiger partial charge in [0.25, 0.3) is 0 Å². The van der Waals surface area contributed by atoms with Gasteiger partial charge in [-0.2, -0.15) is 0 Å². The lowest BCUT2D eigenvalue weighted by atomic mass is 9.92. The highest BCUT2D eigenvalue weighted by Crippen LogP contribution is 2.33. The maximum atomic E-state index is 12.0. The molecule has 2 atom stereocenters. The van der Waals surface area contributed by atoms with Gasteiger partial charge in [0, 0.05) is 19.2 Å². The third kappa shape index (κ3) is 1.59. The van der Waals surface area contributed by atoms with Crippen LogP contribution in [0.5, 0.6) is 0 Å². The Bertz CT molecular complexity index is 343. The molecule has 0 aromatic carbocycles. The third-order valence-electron chi connectivity index (χ3n) is 3.16. The van der Waals surface area contributed by atoms with Gasteiger partial charge in [0.05, 0.1) is 6.33 Å². The van der Waals surface area contributed by atoms with E-state index in [4.69, 9.17) is 0 Å². The molecular weight excluding hydrogens is 176 g/mol. The van der Waals surface area contributed by atoms with Crippen molar-refractivity contribution in [2.24, 2.45) is 18.9 Å². The Balaban J connectivity index is 2.15. The van der Waals surface area contributed by atoms with Crippen LogP contribution in [0.3, 0.4) is 0 Å². The molecule has 0 radical (unpaired) electrons. The van der Waals surface area contributed by atoms with Crippen LogP contribution < -0.4 is 0 Å². The average Bonchev–Trinajstić information content (AvgIpc) is 2.73. The standard InChI is InChI=1S/C11H16N2O/c1-8-4-3-5-9(8)11(14)10-6-13(2)7-12-10/h6-9H,3-5H2,1-2H3. The SMILES string of the molecule is CC1CCCC1C(=O)c1cn(C)cn1. The van der Waals surface area contributed by atoms with Crippen LogP contribution in [0.15, 0.2) is 12.5 Å². The molecule has 1 fully saturated rings. The molecule has 1 heterocycles. The van der Waals surface area contributed by atoms with Crippen molar-refractivity contribution in [1.82, 2.24) is 9.55 Å². The zero-order valence-electron chi connectivity index (χ0n) is 8.73. The van der Waals surface area contributed by atoms with Gasteiger partial charge in [0.2, 0.25) is 0 Å². The van der Waals surface area contributed by atoms with E-state index in [1.165, 1.54) is 12.8 Å². The van der Waals surface area contributed by atoms with Crippen molar-refractivity contribution in [3.63, 3.8) is 0 Å². The van der Waals surface area contributed by atoms with Crippen molar-refractivity contribution >= 4 is 5.78 Å². The van der Waals surface area contributed by atoms with Crippen LogP contribution >= 0.6 is 0 Å². The molecule has 1 aliphatic carbocycles. The van der Waals surface area contributed by atoms with Crippen molar-refractivity contribution in [1.29, 1.82) is 0 Å². The van der Waals surface area contributed by atoms with E-state index in [9.17, 15) is 4.79 Å². The lowest BCUT2D eigenvalue weighted by molar-refractivity contribution is 0.0892. The molecule has 0 aliphatic heterocycles. The summed E-state index contributed by atoms with van der Waals surface area (Å²) >= 11 is 0. The number of Topliss-reactive ketones (excluding diaryl/α,β-unsaturated/α-hetero) is 1. The van der Waals surface area contributed by atoms with E-state index in [1.54, 1.807) is 6.33 Å². The minimum absolute atomic E-state index is 0.213. The minimum Gasteiger partial charge on any atom is -0.340 e. The summed E-state index contributed by atoms with van der Waals surface area (Å²) in [6, 6.07) is 0. The van der Waals surface area contributed by atoms with E-state index in [0.717, 1.165) is 6.42 Å². The lowest BCUT2D eigenvalue weighted by Crippen LogP contribution is -2.17. The summed E-state index contributed by atoms with van der Waals surface area (Å²) in [5.74, 6) is 0.977. The summed E-state index contributed by atoms with van der Waals surface area (Å²) in [6.07, 6.45) is 6.91. The van der Waals surface area contributed by atoms with E-state index >= 15 is 0 Å². The zero-order chi connectivity index (χ0) is 10.1. The zero-order valence-corrected chi connectivity index (χ0v) is 8.73. The van der Waals surface area contributed by atoms with Crippen LogP contribution in [0.25, 0.3) is 0 Å². The summed E-state index contributed by atoms with van der Waals surface area (Å²) in [4.78, 5) is 16.1. The van der Waals surface area contributed by atoms with Gasteiger partial charge in [-0.25, -0.2) is 4.98 Å². The Morgan fingerprint density at radius 3 is 2.86 bits per heavy atom. The molecule has 1 aromatic heterocycles. The van der Waals surface area contributed by atoms with E-state index in [0.29, 0.717) is 11.6 Å². The molecule has 76 valence electrons. The molecule has 0 amide bonds. The predicted octanol–water partition coefficient (Wildman–Crippen LogP) is 2.04. The molecule has 0 saturated heterocycles. The van der Waals surface area contributed by atoms with E-state index in [-0.39, 0.29) is 11.7 Å². The molecule has 3 heteroatoms. The third-order valence-corrected chi connectivity index (χ3v) is 3.16. The van der Waals surface area contributed by atoms with Gasteiger partial charge in [0.15, 0.2) is 5.78 Å². The second kappa shape index (κ2) is 3.56. The first kappa shape index (κ1) is 9.44. The Hall–Kier alpha value is -1.12.